The molecule has 0 radical (unpaired) electrons. The Morgan fingerprint density at radius 3 is 2.48 bits per heavy atom. The van der Waals surface area contributed by atoms with Crippen LogP contribution < -0.4 is 0 Å². The molecule has 1 fully saturated rings. The molecule has 0 saturated carbocycles. The Bertz CT molecular complexity index is 689. The van der Waals surface area contributed by atoms with Gasteiger partial charge in [0.05, 0.1) is 0 Å². The molecule has 1 aliphatic rings. The largest absolute Gasteiger partial charge is 0.335 e. The summed E-state index contributed by atoms with van der Waals surface area (Å²) in [5.41, 5.74) is 3.97. The summed E-state index contributed by atoms with van der Waals surface area (Å²) >= 11 is 0. The molecule has 2 unspecified atom stereocenters. The maximum atomic E-state index is 12.7. The van der Waals surface area contributed by atoms with Gasteiger partial charge in [-0.3, -0.25) is 9.89 Å². The highest BCUT2D eigenvalue weighted by molar-refractivity contribution is 5.92. The van der Waals surface area contributed by atoms with Crippen molar-refractivity contribution in [3.8, 4) is 0 Å². The van der Waals surface area contributed by atoms with Gasteiger partial charge >= 0.3 is 0 Å². The number of benzene rings is 1. The number of hydrogen-bond donors (Lipinski definition) is 1. The first-order valence-electron chi connectivity index (χ1n) is 8.00. The van der Waals surface area contributed by atoms with Crippen LogP contribution in [0.4, 0.5) is 0 Å². The van der Waals surface area contributed by atoms with Gasteiger partial charge in [-0.15, -0.1) is 0 Å². The quantitative estimate of drug-likeness (QED) is 0.945. The SMILES string of the molecule is Cc1ccc(C2CN(C(=O)c3cc(C)[nH]n3)CC2N(C)C)cc1. The summed E-state index contributed by atoms with van der Waals surface area (Å²) in [6.07, 6.45) is 0. The molecule has 3 rings (SSSR count). The summed E-state index contributed by atoms with van der Waals surface area (Å²) in [6, 6.07) is 10.8. The van der Waals surface area contributed by atoms with E-state index in [0.717, 1.165) is 18.8 Å². The van der Waals surface area contributed by atoms with Gasteiger partial charge in [0, 0.05) is 30.7 Å². The van der Waals surface area contributed by atoms with Crippen molar-refractivity contribution in [2.24, 2.45) is 0 Å². The summed E-state index contributed by atoms with van der Waals surface area (Å²) < 4.78 is 0. The van der Waals surface area contributed by atoms with E-state index in [1.54, 1.807) is 0 Å². The molecule has 1 aromatic carbocycles. The lowest BCUT2D eigenvalue weighted by atomic mass is 9.93. The van der Waals surface area contributed by atoms with Crippen LogP contribution in [0.1, 0.15) is 33.2 Å². The molecule has 23 heavy (non-hydrogen) atoms. The molecule has 5 heteroatoms. The monoisotopic (exact) mass is 312 g/mol. The predicted molar refractivity (Wildman–Crippen MR) is 90.6 cm³/mol. The van der Waals surface area contributed by atoms with Crippen molar-refractivity contribution >= 4 is 5.91 Å². The van der Waals surface area contributed by atoms with Crippen molar-refractivity contribution in [3.05, 3.63) is 52.8 Å². The fourth-order valence-corrected chi connectivity index (χ4v) is 3.31. The topological polar surface area (TPSA) is 52.2 Å². The van der Waals surface area contributed by atoms with E-state index in [9.17, 15) is 4.79 Å². The third-order valence-corrected chi connectivity index (χ3v) is 4.67. The molecule has 1 aliphatic heterocycles. The van der Waals surface area contributed by atoms with E-state index < -0.39 is 0 Å². The third-order valence-electron chi connectivity index (χ3n) is 4.67. The first kappa shape index (κ1) is 15.7. The molecule has 2 heterocycles. The number of aromatic amines is 1. The van der Waals surface area contributed by atoms with E-state index in [-0.39, 0.29) is 5.91 Å². The van der Waals surface area contributed by atoms with Crippen LogP contribution in [0.3, 0.4) is 0 Å². The normalized spacial score (nSPS) is 21.2. The van der Waals surface area contributed by atoms with Crippen LogP contribution in [0, 0.1) is 13.8 Å². The standard InChI is InChI=1S/C18H24N4O/c1-12-5-7-14(8-6-12)15-10-22(11-17(15)21(3)4)18(23)16-9-13(2)19-20-16/h5-9,15,17H,10-11H2,1-4H3,(H,19,20). The first-order chi connectivity index (χ1) is 11.0. The highest BCUT2D eigenvalue weighted by Crippen LogP contribution is 2.31. The molecule has 1 saturated heterocycles. The molecule has 5 nitrogen and oxygen atoms in total. The summed E-state index contributed by atoms with van der Waals surface area (Å²) in [7, 11) is 4.16. The Hall–Kier alpha value is -2.14. The summed E-state index contributed by atoms with van der Waals surface area (Å²) in [5.74, 6) is 0.338. The molecular weight excluding hydrogens is 288 g/mol. The van der Waals surface area contributed by atoms with Crippen molar-refractivity contribution in [3.63, 3.8) is 0 Å². The van der Waals surface area contributed by atoms with Gasteiger partial charge in [-0.05, 0) is 39.6 Å². The Balaban J connectivity index is 1.83. The van der Waals surface area contributed by atoms with E-state index in [2.05, 4.69) is 60.4 Å². The molecule has 0 aliphatic carbocycles. The zero-order valence-corrected chi connectivity index (χ0v) is 14.2. The predicted octanol–water partition coefficient (Wildman–Crippen LogP) is 2.20. The second-order valence-electron chi connectivity index (χ2n) is 6.69. The number of hydrogen-bond acceptors (Lipinski definition) is 3. The van der Waals surface area contributed by atoms with Crippen molar-refractivity contribution in [1.29, 1.82) is 0 Å². The molecule has 2 atom stereocenters. The molecular formula is C18H24N4O. The van der Waals surface area contributed by atoms with Crippen molar-refractivity contribution in [2.75, 3.05) is 27.2 Å². The molecule has 1 amide bonds. The van der Waals surface area contributed by atoms with E-state index >= 15 is 0 Å². The number of carbonyl (C=O) groups is 1. The zero-order valence-electron chi connectivity index (χ0n) is 14.2. The molecule has 0 bridgehead atoms. The first-order valence-corrected chi connectivity index (χ1v) is 8.00. The lowest BCUT2D eigenvalue weighted by Gasteiger charge is -2.25. The minimum Gasteiger partial charge on any atom is -0.335 e. The van der Waals surface area contributed by atoms with Gasteiger partial charge in [0.1, 0.15) is 5.69 Å². The highest BCUT2D eigenvalue weighted by atomic mass is 16.2. The number of nitrogens with one attached hydrogen (secondary N) is 1. The number of H-pyrrole nitrogens is 1. The van der Waals surface area contributed by atoms with Gasteiger partial charge in [0.15, 0.2) is 0 Å². The van der Waals surface area contributed by atoms with E-state index in [4.69, 9.17) is 0 Å². The second-order valence-corrected chi connectivity index (χ2v) is 6.69. The Morgan fingerprint density at radius 2 is 1.91 bits per heavy atom. The molecule has 1 N–H and O–H groups in total. The minimum absolute atomic E-state index is 0.0100. The average Bonchev–Trinajstić information content (AvgIpc) is 3.14. The van der Waals surface area contributed by atoms with Crippen molar-refractivity contribution in [1.82, 2.24) is 20.0 Å². The number of likely N-dealkylation sites (tertiary alicyclic amines) is 1. The molecule has 1 aromatic heterocycles. The van der Waals surface area contributed by atoms with Gasteiger partial charge in [-0.2, -0.15) is 5.10 Å². The molecule has 122 valence electrons. The number of nitrogens with zero attached hydrogens (tertiary/aromatic N) is 3. The van der Waals surface area contributed by atoms with Crippen LogP contribution in [0.25, 0.3) is 0 Å². The lowest BCUT2D eigenvalue weighted by Crippen LogP contribution is -2.36. The number of rotatable bonds is 3. The minimum atomic E-state index is 0.0100. The highest BCUT2D eigenvalue weighted by Gasteiger charge is 2.38. The van der Waals surface area contributed by atoms with E-state index in [1.807, 2.05) is 17.9 Å². The smallest absolute Gasteiger partial charge is 0.274 e. The van der Waals surface area contributed by atoms with Gasteiger partial charge in [-0.1, -0.05) is 29.8 Å². The number of carbonyl (C=O) groups excluding carboxylic acids is 1. The Morgan fingerprint density at radius 1 is 1.22 bits per heavy atom. The van der Waals surface area contributed by atoms with E-state index in [1.165, 1.54) is 11.1 Å². The van der Waals surface area contributed by atoms with Gasteiger partial charge in [-0.25, -0.2) is 0 Å². The molecule has 0 spiro atoms. The average molecular weight is 312 g/mol. The van der Waals surface area contributed by atoms with Gasteiger partial charge < -0.3 is 9.80 Å². The fraction of sp³-hybridized carbons (Fsp3) is 0.444. The second kappa shape index (κ2) is 6.16. The lowest BCUT2D eigenvalue weighted by molar-refractivity contribution is 0.0776. The van der Waals surface area contributed by atoms with Crippen molar-refractivity contribution < 1.29 is 4.79 Å². The maximum Gasteiger partial charge on any atom is 0.274 e. The van der Waals surface area contributed by atoms with Crippen molar-refractivity contribution in [2.45, 2.75) is 25.8 Å². The van der Waals surface area contributed by atoms with Crippen LogP contribution in [0.15, 0.2) is 30.3 Å². The fourth-order valence-electron chi connectivity index (χ4n) is 3.31. The number of aromatic nitrogens is 2. The Kier molecular flexibility index (Phi) is 4.22. The van der Waals surface area contributed by atoms with Crippen LogP contribution >= 0.6 is 0 Å². The van der Waals surface area contributed by atoms with Crippen LogP contribution in [-0.4, -0.2) is 59.1 Å². The van der Waals surface area contributed by atoms with Gasteiger partial charge in [0.25, 0.3) is 5.91 Å². The maximum absolute atomic E-state index is 12.7. The number of aryl methyl sites for hydroxylation is 2. The molecule has 2 aromatic rings. The van der Waals surface area contributed by atoms with Crippen LogP contribution in [0.2, 0.25) is 0 Å². The third kappa shape index (κ3) is 3.15. The Labute approximate surface area is 137 Å². The number of likely N-dealkylation sites (N-methyl/N-ethyl adjacent to an activating group) is 1. The van der Waals surface area contributed by atoms with Crippen LogP contribution in [-0.2, 0) is 0 Å². The van der Waals surface area contributed by atoms with Gasteiger partial charge in [0.2, 0.25) is 0 Å². The summed E-state index contributed by atoms with van der Waals surface area (Å²) in [6.45, 7) is 5.47. The number of amides is 1. The summed E-state index contributed by atoms with van der Waals surface area (Å²) in [5, 5.41) is 6.96. The van der Waals surface area contributed by atoms with Crippen LogP contribution in [0.5, 0.6) is 0 Å². The van der Waals surface area contributed by atoms with E-state index in [0.29, 0.717) is 17.7 Å². The zero-order chi connectivity index (χ0) is 16.6. The summed E-state index contributed by atoms with van der Waals surface area (Å²) in [4.78, 5) is 16.8.